The fraction of sp³-hybridized carbons (Fsp3) is 0.667. The van der Waals surface area contributed by atoms with E-state index in [9.17, 15) is 0 Å². The van der Waals surface area contributed by atoms with Crippen LogP contribution in [0.4, 0.5) is 0 Å². The van der Waals surface area contributed by atoms with Crippen molar-refractivity contribution in [2.24, 2.45) is 11.8 Å². The number of nitrogens with zero attached hydrogens (tertiary/aromatic N) is 1. The van der Waals surface area contributed by atoms with Gasteiger partial charge in [-0.1, -0.05) is 32.1 Å². The second-order valence-electron chi connectivity index (χ2n) is 6.41. The van der Waals surface area contributed by atoms with Crippen LogP contribution in [0.1, 0.15) is 47.0 Å². The quantitative estimate of drug-likeness (QED) is 0.717. The fourth-order valence-corrected chi connectivity index (χ4v) is 3.27. The van der Waals surface area contributed by atoms with Crippen LogP contribution in [0.25, 0.3) is 0 Å². The molecule has 0 N–H and O–H groups in total. The van der Waals surface area contributed by atoms with E-state index in [1.54, 1.807) is 11.1 Å². The largest absolute Gasteiger partial charge is 0.299 e. The van der Waals surface area contributed by atoms with Gasteiger partial charge in [0, 0.05) is 6.54 Å². The normalized spacial score (nSPS) is 27.2. The summed E-state index contributed by atoms with van der Waals surface area (Å²) >= 11 is 0. The highest BCUT2D eigenvalue weighted by Crippen LogP contribution is 2.31. The Balaban J connectivity index is 2.04. The molecule has 2 aliphatic rings. The first-order chi connectivity index (χ1) is 9.11. The van der Waals surface area contributed by atoms with E-state index in [1.165, 1.54) is 37.9 Å². The fourth-order valence-electron chi connectivity index (χ4n) is 3.27. The molecule has 0 amide bonds. The van der Waals surface area contributed by atoms with Crippen molar-refractivity contribution in [3.63, 3.8) is 0 Å². The molecular formula is C18H29N. The standard InChI is InChI=1S/C18H29N/c1-5-6-18-15(3)7-8-17(16(18)4)13-19-11-9-14(2)10-12-19/h5-6,8,14-15H,7,9-13H2,1-4H3/b6-5-. The number of piperidine rings is 1. The van der Waals surface area contributed by atoms with Crippen molar-refractivity contribution in [1.82, 2.24) is 4.90 Å². The maximum Gasteiger partial charge on any atom is 0.0233 e. The first-order valence-electron chi connectivity index (χ1n) is 7.87. The Morgan fingerprint density at radius 1 is 1.26 bits per heavy atom. The van der Waals surface area contributed by atoms with Crippen molar-refractivity contribution in [3.8, 4) is 0 Å². The second kappa shape index (κ2) is 6.56. The minimum Gasteiger partial charge on any atom is -0.299 e. The molecule has 0 spiro atoms. The number of likely N-dealkylation sites (tertiary alicyclic amines) is 1. The third kappa shape index (κ3) is 3.60. The van der Waals surface area contributed by atoms with Crippen LogP contribution >= 0.6 is 0 Å². The van der Waals surface area contributed by atoms with E-state index in [2.05, 4.69) is 50.8 Å². The molecular weight excluding hydrogens is 230 g/mol. The van der Waals surface area contributed by atoms with E-state index >= 15 is 0 Å². The lowest BCUT2D eigenvalue weighted by atomic mass is 9.84. The number of rotatable bonds is 3. The average Bonchev–Trinajstić information content (AvgIpc) is 2.40. The van der Waals surface area contributed by atoms with Crippen LogP contribution in [0.5, 0.6) is 0 Å². The molecule has 1 aliphatic heterocycles. The molecule has 1 unspecified atom stereocenters. The lowest BCUT2D eigenvalue weighted by Crippen LogP contribution is -2.35. The molecule has 1 saturated heterocycles. The van der Waals surface area contributed by atoms with Crippen molar-refractivity contribution in [2.45, 2.75) is 47.0 Å². The zero-order chi connectivity index (χ0) is 13.8. The minimum absolute atomic E-state index is 0.682. The Morgan fingerprint density at radius 3 is 2.58 bits per heavy atom. The molecule has 0 aromatic heterocycles. The Labute approximate surface area is 119 Å². The Bertz CT molecular complexity index is 392. The van der Waals surface area contributed by atoms with Crippen molar-refractivity contribution in [3.05, 3.63) is 34.9 Å². The Morgan fingerprint density at radius 2 is 1.95 bits per heavy atom. The smallest absolute Gasteiger partial charge is 0.0233 e. The summed E-state index contributed by atoms with van der Waals surface area (Å²) in [4.78, 5) is 2.64. The zero-order valence-corrected chi connectivity index (χ0v) is 13.1. The van der Waals surface area contributed by atoms with E-state index in [-0.39, 0.29) is 0 Å². The summed E-state index contributed by atoms with van der Waals surface area (Å²) in [6.07, 6.45) is 10.9. The van der Waals surface area contributed by atoms with Crippen molar-refractivity contribution in [1.29, 1.82) is 0 Å². The highest BCUT2D eigenvalue weighted by atomic mass is 15.1. The molecule has 1 aliphatic carbocycles. The van der Waals surface area contributed by atoms with Gasteiger partial charge in [-0.15, -0.1) is 0 Å². The summed E-state index contributed by atoms with van der Waals surface area (Å²) in [5.74, 6) is 1.60. The van der Waals surface area contributed by atoms with Gasteiger partial charge < -0.3 is 0 Å². The van der Waals surface area contributed by atoms with Gasteiger partial charge in [0.05, 0.1) is 0 Å². The molecule has 0 bridgehead atoms. The van der Waals surface area contributed by atoms with Gasteiger partial charge in [0.15, 0.2) is 0 Å². The maximum atomic E-state index is 2.64. The highest BCUT2D eigenvalue weighted by Gasteiger charge is 2.21. The number of hydrogen-bond acceptors (Lipinski definition) is 1. The van der Waals surface area contributed by atoms with Crippen LogP contribution in [0.2, 0.25) is 0 Å². The average molecular weight is 259 g/mol. The molecule has 1 heteroatoms. The van der Waals surface area contributed by atoms with Crippen LogP contribution < -0.4 is 0 Å². The third-order valence-corrected chi connectivity index (χ3v) is 4.78. The summed E-state index contributed by atoms with van der Waals surface area (Å²) in [5, 5.41) is 0. The minimum atomic E-state index is 0.682. The molecule has 2 rings (SSSR count). The van der Waals surface area contributed by atoms with Gasteiger partial charge in [-0.3, -0.25) is 4.90 Å². The maximum absolute atomic E-state index is 2.64. The van der Waals surface area contributed by atoms with E-state index in [0.717, 1.165) is 12.5 Å². The third-order valence-electron chi connectivity index (χ3n) is 4.78. The van der Waals surface area contributed by atoms with Crippen LogP contribution in [-0.2, 0) is 0 Å². The van der Waals surface area contributed by atoms with Gasteiger partial charge in [0.1, 0.15) is 0 Å². The Kier molecular flexibility index (Phi) is 5.04. The zero-order valence-electron chi connectivity index (χ0n) is 13.1. The summed E-state index contributed by atoms with van der Waals surface area (Å²) in [6, 6.07) is 0. The highest BCUT2D eigenvalue weighted by molar-refractivity contribution is 5.43. The summed E-state index contributed by atoms with van der Waals surface area (Å²) in [7, 11) is 0. The molecule has 1 atom stereocenters. The Hall–Kier alpha value is -0.820. The lowest BCUT2D eigenvalue weighted by molar-refractivity contribution is 0.206. The molecule has 0 aromatic carbocycles. The molecule has 19 heavy (non-hydrogen) atoms. The molecule has 0 aromatic rings. The van der Waals surface area contributed by atoms with E-state index < -0.39 is 0 Å². The summed E-state index contributed by atoms with van der Waals surface area (Å²) in [6.45, 7) is 12.9. The van der Waals surface area contributed by atoms with Gasteiger partial charge in [-0.25, -0.2) is 0 Å². The summed E-state index contributed by atoms with van der Waals surface area (Å²) < 4.78 is 0. The first kappa shape index (κ1) is 14.6. The van der Waals surface area contributed by atoms with Crippen molar-refractivity contribution < 1.29 is 0 Å². The van der Waals surface area contributed by atoms with Gasteiger partial charge in [0.25, 0.3) is 0 Å². The van der Waals surface area contributed by atoms with Gasteiger partial charge >= 0.3 is 0 Å². The van der Waals surface area contributed by atoms with Gasteiger partial charge in [-0.2, -0.15) is 0 Å². The number of hydrogen-bond donors (Lipinski definition) is 0. The predicted octanol–water partition coefficient (Wildman–Crippen LogP) is 4.58. The molecule has 1 heterocycles. The van der Waals surface area contributed by atoms with Crippen LogP contribution in [-0.4, -0.2) is 24.5 Å². The molecule has 1 nitrogen and oxygen atoms in total. The monoisotopic (exact) mass is 259 g/mol. The molecule has 0 radical (unpaired) electrons. The number of allylic oxidation sites excluding steroid dienone is 4. The van der Waals surface area contributed by atoms with Crippen molar-refractivity contribution in [2.75, 3.05) is 19.6 Å². The van der Waals surface area contributed by atoms with Crippen molar-refractivity contribution >= 4 is 0 Å². The first-order valence-corrected chi connectivity index (χ1v) is 7.87. The predicted molar refractivity (Wildman–Crippen MR) is 84.2 cm³/mol. The van der Waals surface area contributed by atoms with Crippen LogP contribution in [0.15, 0.2) is 34.9 Å². The summed E-state index contributed by atoms with van der Waals surface area (Å²) in [5.41, 5.74) is 4.64. The topological polar surface area (TPSA) is 3.24 Å². The van der Waals surface area contributed by atoms with E-state index in [1.807, 2.05) is 0 Å². The second-order valence-corrected chi connectivity index (χ2v) is 6.41. The SMILES string of the molecule is C/C=C\C1=C(C)C(CN2CCC(C)CC2)=CCC1C. The van der Waals surface area contributed by atoms with E-state index in [4.69, 9.17) is 0 Å². The van der Waals surface area contributed by atoms with Gasteiger partial charge in [-0.05, 0) is 74.8 Å². The van der Waals surface area contributed by atoms with Crippen LogP contribution in [0, 0.1) is 11.8 Å². The molecule has 1 fully saturated rings. The van der Waals surface area contributed by atoms with Crippen LogP contribution in [0.3, 0.4) is 0 Å². The lowest BCUT2D eigenvalue weighted by Gasteiger charge is -2.33. The molecule has 0 saturated carbocycles. The van der Waals surface area contributed by atoms with Gasteiger partial charge in [0.2, 0.25) is 0 Å². The van der Waals surface area contributed by atoms with E-state index in [0.29, 0.717) is 5.92 Å². The molecule has 106 valence electrons.